The van der Waals surface area contributed by atoms with Crippen molar-refractivity contribution in [3.8, 4) is 0 Å². The summed E-state index contributed by atoms with van der Waals surface area (Å²) in [5.74, 6) is -0.426. The molecule has 4 aliphatic rings. The van der Waals surface area contributed by atoms with Gasteiger partial charge in [-0.25, -0.2) is 0 Å². The molecule has 2 aliphatic heterocycles. The molecule has 0 aromatic heterocycles. The van der Waals surface area contributed by atoms with E-state index >= 15 is 0 Å². The Hall–Kier alpha value is -1.46. The number of carbonyl (C=O) groups is 2. The number of aliphatic hydroxyl groups excluding tert-OH is 5. The van der Waals surface area contributed by atoms with Crippen LogP contribution in [0.3, 0.4) is 0 Å². The van der Waals surface area contributed by atoms with Crippen molar-refractivity contribution < 1.29 is 58.8 Å². The summed E-state index contributed by atoms with van der Waals surface area (Å²) in [6, 6.07) is -1.05. The van der Waals surface area contributed by atoms with E-state index < -0.39 is 92.2 Å². The molecule has 2 heterocycles. The molecule has 2 amide bonds. The predicted octanol–water partition coefficient (Wildman–Crippen LogP) is 0.190. The van der Waals surface area contributed by atoms with Crippen LogP contribution in [0.5, 0.6) is 0 Å². The number of nitrogens with one attached hydrogen (secondary N) is 1. The summed E-state index contributed by atoms with van der Waals surface area (Å²) in [5.41, 5.74) is 0. The highest BCUT2D eigenvalue weighted by Gasteiger charge is 2.51. The van der Waals surface area contributed by atoms with Gasteiger partial charge < -0.3 is 59.4 Å². The first kappa shape index (κ1) is 38.3. The molecule has 0 radical (unpaired) electrons. The highest BCUT2D eigenvalue weighted by Crippen LogP contribution is 2.37. The van der Waals surface area contributed by atoms with Crippen LogP contribution < -0.4 is 5.32 Å². The van der Waals surface area contributed by atoms with E-state index in [1.165, 1.54) is 11.8 Å². The van der Waals surface area contributed by atoms with Crippen molar-refractivity contribution in [2.45, 2.75) is 165 Å². The number of rotatable bonds is 12. The van der Waals surface area contributed by atoms with Crippen LogP contribution in [0.25, 0.3) is 0 Å². The normalized spacial score (nSPS) is 40.9. The van der Waals surface area contributed by atoms with Gasteiger partial charge in [0.05, 0.1) is 24.9 Å². The van der Waals surface area contributed by atoms with Crippen molar-refractivity contribution in [3.63, 3.8) is 0 Å². The minimum Gasteiger partial charge on any atom is -0.394 e. The SMILES string of the molecule is CC[C@H]1CCCC(O[C@@H]2O[C@H](CO)[C@H](O)[C@H](OC(CC3CCCCC3)C(=O)N(C)C)[C@H]2NC(C)=O)[C@@H]1OC1O[C@@H](C)[C@@H](O)[C@H](O)[C@@H]1O. The lowest BCUT2D eigenvalue weighted by Crippen LogP contribution is -2.67. The van der Waals surface area contributed by atoms with E-state index in [9.17, 15) is 35.1 Å². The van der Waals surface area contributed by atoms with Crippen LogP contribution >= 0.6 is 0 Å². The Bertz CT molecular complexity index is 999. The fraction of sp³-hybridized carbons (Fsp3) is 0.939. The van der Waals surface area contributed by atoms with E-state index in [4.69, 9.17) is 23.7 Å². The number of ether oxygens (including phenoxy) is 5. The molecule has 2 saturated heterocycles. The van der Waals surface area contributed by atoms with Gasteiger partial charge in [-0.1, -0.05) is 51.9 Å². The fourth-order valence-electron chi connectivity index (χ4n) is 7.60. The van der Waals surface area contributed by atoms with Crippen LogP contribution in [-0.4, -0.2) is 143 Å². The Kier molecular flexibility index (Phi) is 14.2. The third-order valence-electron chi connectivity index (χ3n) is 10.4. The third kappa shape index (κ3) is 9.41. The topological polar surface area (TPSA) is 197 Å². The van der Waals surface area contributed by atoms with Gasteiger partial charge >= 0.3 is 0 Å². The van der Waals surface area contributed by atoms with E-state index in [0.717, 1.165) is 44.9 Å². The van der Waals surface area contributed by atoms with Gasteiger partial charge in [-0.3, -0.25) is 9.59 Å². The first-order chi connectivity index (χ1) is 22.4. The third-order valence-corrected chi connectivity index (χ3v) is 10.4. The second-order valence-electron chi connectivity index (χ2n) is 14.1. The second-order valence-corrected chi connectivity index (χ2v) is 14.1. The Morgan fingerprint density at radius 1 is 0.872 bits per heavy atom. The first-order valence-electron chi connectivity index (χ1n) is 17.4. The number of hydrogen-bond acceptors (Lipinski definition) is 12. The molecule has 14 heteroatoms. The Morgan fingerprint density at radius 3 is 2.19 bits per heavy atom. The van der Waals surface area contributed by atoms with Crippen molar-refractivity contribution in [1.29, 1.82) is 0 Å². The van der Waals surface area contributed by atoms with E-state index in [0.29, 0.717) is 19.3 Å². The van der Waals surface area contributed by atoms with E-state index in [1.54, 1.807) is 21.0 Å². The van der Waals surface area contributed by atoms with E-state index in [-0.39, 0.29) is 17.7 Å². The fourth-order valence-corrected chi connectivity index (χ4v) is 7.60. The molecule has 4 fully saturated rings. The van der Waals surface area contributed by atoms with Gasteiger partial charge in [0.2, 0.25) is 5.91 Å². The molecule has 272 valence electrons. The van der Waals surface area contributed by atoms with Gasteiger partial charge in [-0.15, -0.1) is 0 Å². The number of aliphatic hydroxyl groups is 5. The number of amides is 2. The van der Waals surface area contributed by atoms with E-state index in [1.807, 2.05) is 6.92 Å². The lowest BCUT2D eigenvalue weighted by Gasteiger charge is -2.48. The van der Waals surface area contributed by atoms with Gasteiger partial charge in [0.25, 0.3) is 5.91 Å². The number of carbonyl (C=O) groups excluding carboxylic acids is 2. The molecule has 2 saturated carbocycles. The Labute approximate surface area is 278 Å². The van der Waals surface area contributed by atoms with Crippen molar-refractivity contribution in [1.82, 2.24) is 10.2 Å². The molecule has 2 aliphatic carbocycles. The highest BCUT2D eigenvalue weighted by molar-refractivity contribution is 5.80. The molecular weight excluding hydrogens is 616 g/mol. The lowest BCUT2D eigenvalue weighted by molar-refractivity contribution is -0.337. The van der Waals surface area contributed by atoms with Crippen molar-refractivity contribution in [3.05, 3.63) is 0 Å². The minimum atomic E-state index is -1.50. The van der Waals surface area contributed by atoms with Gasteiger partial charge in [0, 0.05) is 21.0 Å². The molecular formula is C33H58N2O12. The summed E-state index contributed by atoms with van der Waals surface area (Å²) < 4.78 is 31.2. The molecule has 0 spiro atoms. The average molecular weight is 675 g/mol. The summed E-state index contributed by atoms with van der Waals surface area (Å²) in [7, 11) is 3.29. The number of hydrogen-bond donors (Lipinski definition) is 6. The average Bonchev–Trinajstić information content (AvgIpc) is 3.05. The predicted molar refractivity (Wildman–Crippen MR) is 168 cm³/mol. The first-order valence-corrected chi connectivity index (χ1v) is 17.4. The molecule has 14 atom stereocenters. The summed E-state index contributed by atoms with van der Waals surface area (Å²) >= 11 is 0. The molecule has 14 nitrogen and oxygen atoms in total. The maximum atomic E-state index is 13.4. The monoisotopic (exact) mass is 674 g/mol. The summed E-state index contributed by atoms with van der Waals surface area (Å²) in [5, 5.41) is 55.8. The van der Waals surface area contributed by atoms with Crippen molar-refractivity contribution in [2.75, 3.05) is 20.7 Å². The number of nitrogens with zero attached hydrogens (tertiary/aromatic N) is 1. The van der Waals surface area contributed by atoms with Crippen LogP contribution in [0.2, 0.25) is 0 Å². The maximum absolute atomic E-state index is 13.4. The van der Waals surface area contributed by atoms with Crippen molar-refractivity contribution >= 4 is 11.8 Å². The molecule has 4 rings (SSSR count). The summed E-state index contributed by atoms with van der Waals surface area (Å²) in [6.07, 6.45) is -4.73. The smallest absolute Gasteiger partial charge is 0.251 e. The quantitative estimate of drug-likeness (QED) is 0.165. The Morgan fingerprint density at radius 2 is 1.57 bits per heavy atom. The maximum Gasteiger partial charge on any atom is 0.251 e. The van der Waals surface area contributed by atoms with Gasteiger partial charge in [-0.2, -0.15) is 0 Å². The largest absolute Gasteiger partial charge is 0.394 e. The van der Waals surface area contributed by atoms with Gasteiger partial charge in [-0.05, 0) is 38.0 Å². The minimum absolute atomic E-state index is 0.0180. The molecule has 0 bridgehead atoms. The molecule has 3 unspecified atom stereocenters. The summed E-state index contributed by atoms with van der Waals surface area (Å²) in [4.78, 5) is 27.4. The molecule has 47 heavy (non-hydrogen) atoms. The molecule has 0 aromatic rings. The van der Waals surface area contributed by atoms with E-state index in [2.05, 4.69) is 5.32 Å². The zero-order chi connectivity index (χ0) is 34.4. The molecule has 6 N–H and O–H groups in total. The highest BCUT2D eigenvalue weighted by atomic mass is 16.7. The zero-order valence-corrected chi connectivity index (χ0v) is 28.5. The van der Waals surface area contributed by atoms with Gasteiger partial charge in [0.15, 0.2) is 12.6 Å². The van der Waals surface area contributed by atoms with Crippen molar-refractivity contribution in [2.24, 2.45) is 11.8 Å². The zero-order valence-electron chi connectivity index (χ0n) is 28.5. The van der Waals surface area contributed by atoms with Crippen LogP contribution in [0.15, 0.2) is 0 Å². The standard InChI is InChI=1S/C33H58N2O12/c1-6-20-13-10-14-21(29(20)47-33-28(41)27(40)25(38)17(2)43-33)45-32-24(34-18(3)37)30(26(39)23(16-36)46-32)44-22(31(42)35(4)5)15-19-11-8-7-9-12-19/h17,19-30,32-33,36,38-41H,6-16H2,1-5H3,(H,34,37)/t17-,20-,21?,22?,23+,24+,25+,26-,27-,28-,29+,30+,32+,33?/m0/s1. The van der Waals surface area contributed by atoms with Crippen LogP contribution in [-0.2, 0) is 33.3 Å². The van der Waals surface area contributed by atoms with Crippen LogP contribution in [0.1, 0.15) is 85.0 Å². The van der Waals surface area contributed by atoms with Gasteiger partial charge in [0.1, 0.15) is 48.8 Å². The molecule has 0 aromatic carbocycles. The van der Waals surface area contributed by atoms with Crippen LogP contribution in [0.4, 0.5) is 0 Å². The number of likely N-dealkylation sites (N-methyl/N-ethyl adjacent to an activating group) is 1. The summed E-state index contributed by atoms with van der Waals surface area (Å²) in [6.45, 7) is 4.35. The second kappa shape index (κ2) is 17.5. The van der Waals surface area contributed by atoms with Crippen LogP contribution in [0, 0.1) is 11.8 Å². The Balaban J connectivity index is 1.60. The lowest BCUT2D eigenvalue weighted by atomic mass is 9.82.